The molecule has 0 bridgehead atoms. The minimum absolute atomic E-state index is 0.0428. The molecule has 0 amide bonds. The minimum atomic E-state index is -3.76. The molecule has 0 unspecified atom stereocenters. The molecule has 0 saturated carbocycles. The molecule has 21 heavy (non-hydrogen) atoms. The van der Waals surface area contributed by atoms with Crippen molar-refractivity contribution in [2.75, 3.05) is 13.1 Å². The Bertz CT molecular complexity index is 627. The van der Waals surface area contributed by atoms with Gasteiger partial charge in [-0.1, -0.05) is 13.8 Å². The number of benzene rings is 1. The number of nitrogens with zero attached hydrogens (tertiary/aromatic N) is 1. The second-order valence-electron chi connectivity index (χ2n) is 5.15. The number of hydrogen-bond acceptors (Lipinski definition) is 5. The summed E-state index contributed by atoms with van der Waals surface area (Å²) >= 11 is 0. The molecule has 0 aliphatic heterocycles. The van der Waals surface area contributed by atoms with Crippen molar-refractivity contribution < 1.29 is 13.3 Å². The molecule has 0 saturated heterocycles. The van der Waals surface area contributed by atoms with Crippen LogP contribution in [0.5, 0.6) is 0 Å². The third kappa shape index (κ3) is 4.76. The van der Waals surface area contributed by atoms with E-state index in [2.05, 4.69) is 10.0 Å². The normalized spacial score (nSPS) is 11.9. The Hall–Kier alpha value is -1.51. The molecule has 0 aliphatic rings. The van der Waals surface area contributed by atoms with Crippen molar-refractivity contribution in [1.29, 1.82) is 0 Å². The van der Waals surface area contributed by atoms with Crippen molar-refractivity contribution in [2.24, 2.45) is 0 Å². The van der Waals surface area contributed by atoms with Gasteiger partial charge in [0.25, 0.3) is 5.69 Å². The van der Waals surface area contributed by atoms with Gasteiger partial charge in [0.15, 0.2) is 0 Å². The minimum Gasteiger partial charge on any atom is -0.313 e. The third-order valence-electron chi connectivity index (χ3n) is 3.07. The number of non-ortho nitro benzene ring substituents is 1. The molecule has 0 radical (unpaired) electrons. The Morgan fingerprint density at radius 1 is 1.24 bits per heavy atom. The lowest BCUT2D eigenvalue weighted by atomic mass is 10.1. The molecule has 7 nitrogen and oxygen atoms in total. The summed E-state index contributed by atoms with van der Waals surface area (Å²) < 4.78 is 27.0. The molecule has 0 aliphatic carbocycles. The van der Waals surface area contributed by atoms with E-state index >= 15 is 0 Å². The highest BCUT2D eigenvalue weighted by Gasteiger charge is 2.21. The molecule has 0 heterocycles. The lowest BCUT2D eigenvalue weighted by molar-refractivity contribution is -0.385. The van der Waals surface area contributed by atoms with E-state index in [1.165, 1.54) is 6.07 Å². The van der Waals surface area contributed by atoms with Crippen LogP contribution in [-0.2, 0) is 10.0 Å². The summed E-state index contributed by atoms with van der Waals surface area (Å²) in [6, 6.07) is 2.73. The van der Waals surface area contributed by atoms with Crippen LogP contribution in [-0.4, -0.2) is 32.5 Å². The van der Waals surface area contributed by atoms with Crippen molar-refractivity contribution in [3.63, 3.8) is 0 Å². The Labute approximate surface area is 124 Å². The number of sulfonamides is 1. The van der Waals surface area contributed by atoms with Crippen molar-refractivity contribution in [1.82, 2.24) is 10.0 Å². The largest absolute Gasteiger partial charge is 0.313 e. The molecule has 1 aromatic carbocycles. The molecule has 1 rings (SSSR count). The molecule has 8 heteroatoms. The average Bonchev–Trinajstić information content (AvgIpc) is 2.37. The number of nitrogens with one attached hydrogen (secondary N) is 2. The van der Waals surface area contributed by atoms with Crippen LogP contribution in [0, 0.1) is 24.0 Å². The molecular formula is C13H21N3O4S. The number of nitro groups is 1. The van der Waals surface area contributed by atoms with E-state index in [0.29, 0.717) is 17.7 Å². The first kappa shape index (κ1) is 17.5. The first-order chi connectivity index (χ1) is 9.65. The number of rotatable bonds is 7. The first-order valence-electron chi connectivity index (χ1n) is 6.64. The van der Waals surface area contributed by atoms with Gasteiger partial charge in [-0.3, -0.25) is 10.1 Å². The first-order valence-corrected chi connectivity index (χ1v) is 8.12. The van der Waals surface area contributed by atoms with Gasteiger partial charge in [-0.05, 0) is 25.0 Å². The Balaban J connectivity index is 2.99. The summed E-state index contributed by atoms with van der Waals surface area (Å²) in [6.45, 7) is 7.93. The Morgan fingerprint density at radius 3 is 2.38 bits per heavy atom. The second kappa shape index (κ2) is 6.97. The van der Waals surface area contributed by atoms with Crippen molar-refractivity contribution in [3.8, 4) is 0 Å². The molecule has 0 spiro atoms. The number of hydrogen-bond donors (Lipinski definition) is 2. The number of aryl methyl sites for hydroxylation is 1. The van der Waals surface area contributed by atoms with E-state index in [1.807, 2.05) is 13.8 Å². The van der Waals surface area contributed by atoms with Crippen LogP contribution < -0.4 is 10.0 Å². The van der Waals surface area contributed by atoms with Gasteiger partial charge < -0.3 is 5.32 Å². The molecule has 0 aromatic heterocycles. The highest BCUT2D eigenvalue weighted by Crippen LogP contribution is 2.25. The summed E-state index contributed by atoms with van der Waals surface area (Å²) in [4.78, 5) is 10.2. The highest BCUT2D eigenvalue weighted by atomic mass is 32.2. The zero-order valence-corrected chi connectivity index (χ0v) is 13.5. The van der Waals surface area contributed by atoms with Crippen LogP contribution in [0.1, 0.15) is 25.0 Å². The predicted molar refractivity (Wildman–Crippen MR) is 80.9 cm³/mol. The summed E-state index contributed by atoms with van der Waals surface area (Å²) in [5, 5.41) is 13.9. The molecule has 0 fully saturated rings. The van der Waals surface area contributed by atoms with Crippen LogP contribution >= 0.6 is 0 Å². The molecular weight excluding hydrogens is 294 g/mol. The van der Waals surface area contributed by atoms with Crippen LogP contribution in [0.2, 0.25) is 0 Å². The lowest BCUT2D eigenvalue weighted by Gasteiger charge is -2.12. The van der Waals surface area contributed by atoms with Crippen molar-refractivity contribution >= 4 is 15.7 Å². The smallest absolute Gasteiger partial charge is 0.271 e. The summed E-state index contributed by atoms with van der Waals surface area (Å²) in [5.41, 5.74) is 0.869. The van der Waals surface area contributed by atoms with Crippen LogP contribution in [0.15, 0.2) is 17.0 Å². The van der Waals surface area contributed by atoms with Crippen LogP contribution in [0.3, 0.4) is 0 Å². The van der Waals surface area contributed by atoms with Gasteiger partial charge in [0.05, 0.1) is 9.82 Å². The number of nitro benzene ring substituents is 1. The van der Waals surface area contributed by atoms with Crippen LogP contribution in [0.4, 0.5) is 5.69 Å². The SMILES string of the molecule is Cc1cc([N+](=O)[O-])cc(S(=O)(=O)NCCNC(C)C)c1C. The maximum atomic E-state index is 12.3. The maximum Gasteiger partial charge on any atom is 0.271 e. The second-order valence-corrected chi connectivity index (χ2v) is 6.88. The van der Waals surface area contributed by atoms with Gasteiger partial charge in [0, 0.05) is 31.3 Å². The standard InChI is InChI=1S/C13H21N3O4S/c1-9(2)14-5-6-15-21(19,20)13-8-12(16(17)18)7-10(3)11(13)4/h7-9,14-15H,5-6H2,1-4H3. The van der Waals surface area contributed by atoms with Gasteiger partial charge in [-0.25, -0.2) is 13.1 Å². The quantitative estimate of drug-likeness (QED) is 0.451. The Morgan fingerprint density at radius 2 is 1.86 bits per heavy atom. The van der Waals surface area contributed by atoms with E-state index in [4.69, 9.17) is 0 Å². The zero-order chi connectivity index (χ0) is 16.2. The summed E-state index contributed by atoms with van der Waals surface area (Å²) in [6.07, 6.45) is 0. The van der Waals surface area contributed by atoms with E-state index in [1.54, 1.807) is 13.8 Å². The zero-order valence-electron chi connectivity index (χ0n) is 12.6. The summed E-state index contributed by atoms with van der Waals surface area (Å²) in [5.74, 6) is 0. The van der Waals surface area contributed by atoms with Gasteiger partial charge in [0.2, 0.25) is 10.0 Å². The van der Waals surface area contributed by atoms with Crippen molar-refractivity contribution in [2.45, 2.75) is 38.6 Å². The third-order valence-corrected chi connectivity index (χ3v) is 4.66. The predicted octanol–water partition coefficient (Wildman–Crippen LogP) is 1.49. The monoisotopic (exact) mass is 315 g/mol. The fraction of sp³-hybridized carbons (Fsp3) is 0.538. The molecule has 2 N–H and O–H groups in total. The Kier molecular flexibility index (Phi) is 5.82. The van der Waals surface area contributed by atoms with Gasteiger partial charge in [0.1, 0.15) is 0 Å². The van der Waals surface area contributed by atoms with E-state index in [9.17, 15) is 18.5 Å². The average molecular weight is 315 g/mol. The van der Waals surface area contributed by atoms with E-state index in [0.717, 1.165) is 6.07 Å². The maximum absolute atomic E-state index is 12.3. The van der Waals surface area contributed by atoms with Gasteiger partial charge >= 0.3 is 0 Å². The summed E-state index contributed by atoms with van der Waals surface area (Å²) in [7, 11) is -3.76. The van der Waals surface area contributed by atoms with E-state index < -0.39 is 14.9 Å². The fourth-order valence-electron chi connectivity index (χ4n) is 1.82. The topological polar surface area (TPSA) is 101 Å². The van der Waals surface area contributed by atoms with Crippen LogP contribution in [0.25, 0.3) is 0 Å². The lowest BCUT2D eigenvalue weighted by Crippen LogP contribution is -2.34. The molecule has 0 atom stereocenters. The molecule has 118 valence electrons. The fourth-order valence-corrected chi connectivity index (χ4v) is 3.18. The van der Waals surface area contributed by atoms with E-state index in [-0.39, 0.29) is 23.2 Å². The van der Waals surface area contributed by atoms with Gasteiger partial charge in [-0.15, -0.1) is 0 Å². The molecule has 1 aromatic rings. The van der Waals surface area contributed by atoms with Crippen molar-refractivity contribution in [3.05, 3.63) is 33.4 Å². The van der Waals surface area contributed by atoms with Gasteiger partial charge in [-0.2, -0.15) is 0 Å². The highest BCUT2D eigenvalue weighted by molar-refractivity contribution is 7.89.